The third-order valence-corrected chi connectivity index (χ3v) is 4.15. The number of carbonyl (C=O) groups is 2. The molecule has 126 valence electrons. The predicted octanol–water partition coefficient (Wildman–Crippen LogP) is 1.94. The fourth-order valence-electron chi connectivity index (χ4n) is 2.75. The zero-order valence-corrected chi connectivity index (χ0v) is 13.7. The van der Waals surface area contributed by atoms with Crippen molar-refractivity contribution in [1.29, 1.82) is 0 Å². The molecule has 1 aromatic carbocycles. The normalized spacial score (nSPS) is 20.3. The lowest BCUT2D eigenvalue weighted by Crippen LogP contribution is -2.55. The highest BCUT2D eigenvalue weighted by atomic mass is 16.6. The fourth-order valence-corrected chi connectivity index (χ4v) is 2.75. The standard InChI is InChI=1S/C17H24N2O4/c1-17(15(20)18-10-12-22-2)9-6-11-19(17)16(21)23-13-14-7-4-3-5-8-14/h3-5,7-8H,6,9-13H2,1-2H3,(H,18,20). The van der Waals surface area contributed by atoms with Gasteiger partial charge in [-0.2, -0.15) is 0 Å². The van der Waals surface area contributed by atoms with Gasteiger partial charge in [-0.25, -0.2) is 4.79 Å². The van der Waals surface area contributed by atoms with Crippen LogP contribution in [-0.4, -0.2) is 49.2 Å². The third-order valence-electron chi connectivity index (χ3n) is 4.15. The van der Waals surface area contributed by atoms with Gasteiger partial charge in [-0.1, -0.05) is 30.3 Å². The van der Waals surface area contributed by atoms with E-state index in [2.05, 4.69) is 5.32 Å². The Labute approximate surface area is 136 Å². The first-order valence-corrected chi connectivity index (χ1v) is 7.83. The molecule has 1 atom stereocenters. The van der Waals surface area contributed by atoms with E-state index in [0.29, 0.717) is 26.1 Å². The summed E-state index contributed by atoms with van der Waals surface area (Å²) in [4.78, 5) is 26.3. The van der Waals surface area contributed by atoms with Gasteiger partial charge in [-0.3, -0.25) is 9.69 Å². The van der Waals surface area contributed by atoms with Crippen LogP contribution in [0.25, 0.3) is 0 Å². The molecule has 0 aromatic heterocycles. The second-order valence-corrected chi connectivity index (χ2v) is 5.82. The van der Waals surface area contributed by atoms with Crippen molar-refractivity contribution in [1.82, 2.24) is 10.2 Å². The minimum absolute atomic E-state index is 0.163. The second kappa shape index (κ2) is 7.97. The van der Waals surface area contributed by atoms with Crippen molar-refractivity contribution in [3.05, 3.63) is 35.9 Å². The van der Waals surface area contributed by atoms with Crippen LogP contribution < -0.4 is 5.32 Å². The molecule has 1 saturated heterocycles. The highest BCUT2D eigenvalue weighted by molar-refractivity contribution is 5.90. The number of nitrogens with zero attached hydrogens (tertiary/aromatic N) is 1. The van der Waals surface area contributed by atoms with E-state index in [9.17, 15) is 9.59 Å². The molecule has 1 aliphatic rings. The van der Waals surface area contributed by atoms with Crippen LogP contribution in [0.2, 0.25) is 0 Å². The summed E-state index contributed by atoms with van der Waals surface area (Å²) in [5.41, 5.74) is 0.0629. The molecule has 0 saturated carbocycles. The fraction of sp³-hybridized carbons (Fsp3) is 0.529. The smallest absolute Gasteiger partial charge is 0.410 e. The average Bonchev–Trinajstić information content (AvgIpc) is 2.97. The van der Waals surface area contributed by atoms with Crippen molar-refractivity contribution >= 4 is 12.0 Å². The molecule has 1 aliphatic heterocycles. The molecule has 0 spiro atoms. The van der Waals surface area contributed by atoms with Crippen LogP contribution >= 0.6 is 0 Å². The molecule has 23 heavy (non-hydrogen) atoms. The molecule has 6 heteroatoms. The van der Waals surface area contributed by atoms with Gasteiger partial charge in [0.15, 0.2) is 0 Å². The Kier molecular flexibility index (Phi) is 5.98. The molecule has 0 aliphatic carbocycles. The number of nitrogens with one attached hydrogen (secondary N) is 1. The number of ether oxygens (including phenoxy) is 2. The first-order chi connectivity index (χ1) is 11.1. The van der Waals surface area contributed by atoms with Gasteiger partial charge in [0.05, 0.1) is 6.61 Å². The van der Waals surface area contributed by atoms with Crippen LogP contribution in [0.1, 0.15) is 25.3 Å². The van der Waals surface area contributed by atoms with Crippen molar-refractivity contribution in [2.45, 2.75) is 31.9 Å². The third kappa shape index (κ3) is 4.22. The summed E-state index contributed by atoms with van der Waals surface area (Å²) in [6.45, 7) is 3.39. The minimum Gasteiger partial charge on any atom is -0.445 e. The summed E-state index contributed by atoms with van der Waals surface area (Å²) in [7, 11) is 1.58. The monoisotopic (exact) mass is 320 g/mol. The number of carbonyl (C=O) groups excluding carboxylic acids is 2. The van der Waals surface area contributed by atoms with Gasteiger partial charge < -0.3 is 14.8 Å². The Balaban J connectivity index is 1.94. The van der Waals surface area contributed by atoms with E-state index in [-0.39, 0.29) is 12.5 Å². The highest BCUT2D eigenvalue weighted by Crippen LogP contribution is 2.30. The maximum atomic E-state index is 12.4. The van der Waals surface area contributed by atoms with Gasteiger partial charge in [0.25, 0.3) is 0 Å². The molecule has 0 bridgehead atoms. The molecular formula is C17H24N2O4. The lowest BCUT2D eigenvalue weighted by atomic mass is 9.98. The Hall–Kier alpha value is -2.08. The Bertz CT molecular complexity index is 535. The van der Waals surface area contributed by atoms with Gasteiger partial charge in [0.2, 0.25) is 5.91 Å². The molecule has 6 nitrogen and oxygen atoms in total. The molecule has 2 rings (SSSR count). The number of rotatable bonds is 6. The van der Waals surface area contributed by atoms with E-state index in [1.165, 1.54) is 4.90 Å². The number of likely N-dealkylation sites (tertiary alicyclic amines) is 1. The van der Waals surface area contributed by atoms with Gasteiger partial charge in [0, 0.05) is 20.2 Å². The number of benzene rings is 1. The maximum Gasteiger partial charge on any atom is 0.410 e. The molecule has 0 radical (unpaired) electrons. The molecule has 2 amide bonds. The zero-order valence-electron chi connectivity index (χ0n) is 13.7. The Morgan fingerprint density at radius 3 is 2.74 bits per heavy atom. The van der Waals surface area contributed by atoms with Crippen LogP contribution in [0.3, 0.4) is 0 Å². The number of hydrogen-bond acceptors (Lipinski definition) is 4. The van der Waals surface area contributed by atoms with Crippen LogP contribution in [0.15, 0.2) is 30.3 Å². The van der Waals surface area contributed by atoms with E-state index in [4.69, 9.17) is 9.47 Å². The first-order valence-electron chi connectivity index (χ1n) is 7.83. The van der Waals surface area contributed by atoms with Crippen molar-refractivity contribution < 1.29 is 19.1 Å². The molecule has 1 unspecified atom stereocenters. The molecule has 1 N–H and O–H groups in total. The van der Waals surface area contributed by atoms with Crippen LogP contribution in [0.4, 0.5) is 4.79 Å². The second-order valence-electron chi connectivity index (χ2n) is 5.82. The van der Waals surface area contributed by atoms with Gasteiger partial charge in [-0.15, -0.1) is 0 Å². The topological polar surface area (TPSA) is 67.9 Å². The van der Waals surface area contributed by atoms with Crippen molar-refractivity contribution in [3.8, 4) is 0 Å². The lowest BCUT2D eigenvalue weighted by molar-refractivity contribution is -0.130. The number of methoxy groups -OCH3 is 1. The maximum absolute atomic E-state index is 12.4. The summed E-state index contributed by atoms with van der Waals surface area (Å²) < 4.78 is 10.3. The summed E-state index contributed by atoms with van der Waals surface area (Å²) in [6.07, 6.45) is 0.969. The van der Waals surface area contributed by atoms with Crippen molar-refractivity contribution in [3.63, 3.8) is 0 Å². The van der Waals surface area contributed by atoms with Crippen LogP contribution in [0.5, 0.6) is 0 Å². The SMILES string of the molecule is COCCNC(=O)C1(C)CCCN1C(=O)OCc1ccccc1. The van der Waals surface area contributed by atoms with E-state index in [1.54, 1.807) is 14.0 Å². The van der Waals surface area contributed by atoms with Crippen molar-refractivity contribution in [2.75, 3.05) is 26.8 Å². The first kappa shape index (κ1) is 17.3. The van der Waals surface area contributed by atoms with Gasteiger partial charge in [0.1, 0.15) is 12.1 Å². The lowest BCUT2D eigenvalue weighted by Gasteiger charge is -2.33. The number of hydrogen-bond donors (Lipinski definition) is 1. The summed E-state index contributed by atoms with van der Waals surface area (Å²) >= 11 is 0. The predicted molar refractivity (Wildman–Crippen MR) is 85.9 cm³/mol. The Morgan fingerprint density at radius 1 is 1.30 bits per heavy atom. The number of amides is 2. The molecule has 1 aromatic rings. The molecular weight excluding hydrogens is 296 g/mol. The van der Waals surface area contributed by atoms with Crippen molar-refractivity contribution in [2.24, 2.45) is 0 Å². The van der Waals surface area contributed by atoms with Gasteiger partial charge in [-0.05, 0) is 25.3 Å². The molecule has 1 heterocycles. The zero-order chi connectivity index (χ0) is 16.7. The summed E-state index contributed by atoms with van der Waals surface area (Å²) in [5, 5.41) is 2.81. The average molecular weight is 320 g/mol. The minimum atomic E-state index is -0.860. The summed E-state index contributed by atoms with van der Waals surface area (Å²) in [5.74, 6) is -0.163. The van der Waals surface area contributed by atoms with E-state index in [0.717, 1.165) is 12.0 Å². The summed E-state index contributed by atoms with van der Waals surface area (Å²) in [6, 6.07) is 9.49. The van der Waals surface area contributed by atoms with E-state index >= 15 is 0 Å². The quantitative estimate of drug-likeness (QED) is 0.813. The largest absolute Gasteiger partial charge is 0.445 e. The van der Waals surface area contributed by atoms with Gasteiger partial charge >= 0.3 is 6.09 Å². The highest BCUT2D eigenvalue weighted by Gasteiger charge is 2.46. The van der Waals surface area contributed by atoms with E-state index < -0.39 is 11.6 Å². The Morgan fingerprint density at radius 2 is 2.04 bits per heavy atom. The van der Waals surface area contributed by atoms with E-state index in [1.807, 2.05) is 30.3 Å². The molecule has 1 fully saturated rings. The van der Waals surface area contributed by atoms with Crippen LogP contribution in [-0.2, 0) is 20.9 Å². The van der Waals surface area contributed by atoms with Crippen LogP contribution in [0, 0.1) is 0 Å².